The number of rotatable bonds is 4. The molecule has 0 bridgehead atoms. The summed E-state index contributed by atoms with van der Waals surface area (Å²) < 4.78 is 5.45. The zero-order valence-electron chi connectivity index (χ0n) is 10.7. The number of hydrogen-bond acceptors (Lipinski definition) is 3. The van der Waals surface area contributed by atoms with Crippen LogP contribution in [0.25, 0.3) is 0 Å². The third-order valence-corrected chi connectivity index (χ3v) is 3.20. The molecule has 1 aromatic carbocycles. The molecule has 1 heterocycles. The fraction of sp³-hybridized carbons (Fsp3) is 0.500. The molecule has 1 aliphatic rings. The lowest BCUT2D eigenvalue weighted by molar-refractivity contribution is -0.120. The van der Waals surface area contributed by atoms with Crippen molar-refractivity contribution in [2.45, 2.75) is 32.3 Å². The van der Waals surface area contributed by atoms with Crippen molar-refractivity contribution in [2.24, 2.45) is 0 Å². The first kappa shape index (κ1) is 12.9. The van der Waals surface area contributed by atoms with E-state index in [9.17, 15) is 4.79 Å². The quantitative estimate of drug-likeness (QED) is 0.792. The Morgan fingerprint density at radius 1 is 1.56 bits per heavy atom. The predicted octanol–water partition coefficient (Wildman–Crippen LogP) is 1.41. The summed E-state index contributed by atoms with van der Waals surface area (Å²) in [6.07, 6.45) is 2.64. The van der Waals surface area contributed by atoms with Crippen LogP contribution in [-0.4, -0.2) is 25.2 Å². The zero-order chi connectivity index (χ0) is 13.0. The highest BCUT2D eigenvalue weighted by Gasteiger charge is 2.16. The van der Waals surface area contributed by atoms with Gasteiger partial charge in [0.2, 0.25) is 5.91 Å². The molecule has 1 fully saturated rings. The maximum Gasteiger partial charge on any atom is 0.224 e. The van der Waals surface area contributed by atoms with Crippen molar-refractivity contribution < 1.29 is 9.53 Å². The average Bonchev–Trinajstić information content (AvgIpc) is 2.83. The first-order valence-corrected chi connectivity index (χ1v) is 6.38. The van der Waals surface area contributed by atoms with Gasteiger partial charge in [0.1, 0.15) is 0 Å². The fourth-order valence-electron chi connectivity index (χ4n) is 2.14. The summed E-state index contributed by atoms with van der Waals surface area (Å²) in [6, 6.07) is 5.78. The minimum atomic E-state index is 0.000975. The molecule has 0 saturated carbocycles. The van der Waals surface area contributed by atoms with E-state index in [1.807, 2.05) is 25.1 Å². The summed E-state index contributed by atoms with van der Waals surface area (Å²) in [7, 11) is 0. The molecular weight excluding hydrogens is 228 g/mol. The molecule has 1 atom stereocenters. The first-order valence-electron chi connectivity index (χ1n) is 6.38. The molecule has 0 spiro atoms. The van der Waals surface area contributed by atoms with Crippen LogP contribution in [-0.2, 0) is 16.0 Å². The summed E-state index contributed by atoms with van der Waals surface area (Å²) in [5.74, 6) is 0.000975. The van der Waals surface area contributed by atoms with Gasteiger partial charge in [-0.1, -0.05) is 12.1 Å². The molecule has 0 aromatic heterocycles. The third kappa shape index (κ3) is 3.47. The fourth-order valence-corrected chi connectivity index (χ4v) is 2.14. The smallest absolute Gasteiger partial charge is 0.224 e. The Labute approximate surface area is 108 Å². The molecular formula is C14H20N2O2. The predicted molar refractivity (Wildman–Crippen MR) is 71.3 cm³/mol. The molecule has 98 valence electrons. The van der Waals surface area contributed by atoms with E-state index in [-0.39, 0.29) is 12.0 Å². The van der Waals surface area contributed by atoms with Crippen molar-refractivity contribution in [2.75, 3.05) is 18.9 Å². The van der Waals surface area contributed by atoms with Gasteiger partial charge in [-0.15, -0.1) is 0 Å². The van der Waals surface area contributed by atoms with Gasteiger partial charge in [-0.3, -0.25) is 4.79 Å². The van der Waals surface area contributed by atoms with Gasteiger partial charge in [0.25, 0.3) is 0 Å². The number of nitrogens with two attached hydrogens (primary N) is 1. The maximum absolute atomic E-state index is 11.8. The van der Waals surface area contributed by atoms with Crippen molar-refractivity contribution in [3.63, 3.8) is 0 Å². The SMILES string of the molecule is Cc1ccc(CC(=O)NC[C@@H]2CCCO2)c(N)c1. The van der Waals surface area contributed by atoms with Gasteiger partial charge >= 0.3 is 0 Å². The number of benzene rings is 1. The molecule has 1 aliphatic heterocycles. The number of ether oxygens (including phenoxy) is 1. The molecule has 4 heteroatoms. The van der Waals surface area contributed by atoms with E-state index in [1.165, 1.54) is 0 Å². The molecule has 0 radical (unpaired) electrons. The van der Waals surface area contributed by atoms with Crippen LogP contribution in [0.15, 0.2) is 18.2 Å². The van der Waals surface area contributed by atoms with Gasteiger partial charge in [0.15, 0.2) is 0 Å². The molecule has 0 unspecified atom stereocenters. The molecule has 1 aromatic rings. The van der Waals surface area contributed by atoms with Gasteiger partial charge in [-0.2, -0.15) is 0 Å². The Bertz CT molecular complexity index is 426. The topological polar surface area (TPSA) is 64.3 Å². The Kier molecular flexibility index (Phi) is 4.20. The van der Waals surface area contributed by atoms with E-state index < -0.39 is 0 Å². The van der Waals surface area contributed by atoms with E-state index >= 15 is 0 Å². The molecule has 0 aliphatic carbocycles. The second-order valence-corrected chi connectivity index (χ2v) is 4.82. The average molecular weight is 248 g/mol. The Balaban J connectivity index is 1.82. The van der Waals surface area contributed by atoms with Crippen LogP contribution in [0.1, 0.15) is 24.0 Å². The van der Waals surface area contributed by atoms with Gasteiger partial charge in [-0.25, -0.2) is 0 Å². The highest BCUT2D eigenvalue weighted by atomic mass is 16.5. The van der Waals surface area contributed by atoms with E-state index in [1.54, 1.807) is 0 Å². The number of carbonyl (C=O) groups excluding carboxylic acids is 1. The van der Waals surface area contributed by atoms with Crippen molar-refractivity contribution in [1.29, 1.82) is 0 Å². The standard InChI is InChI=1S/C14H20N2O2/c1-10-4-5-11(13(15)7-10)8-14(17)16-9-12-3-2-6-18-12/h4-5,7,12H,2-3,6,8-9,15H2,1H3,(H,16,17)/t12-/m0/s1. The molecule has 4 nitrogen and oxygen atoms in total. The Morgan fingerprint density at radius 2 is 2.39 bits per heavy atom. The summed E-state index contributed by atoms with van der Waals surface area (Å²) in [6.45, 7) is 3.40. The van der Waals surface area contributed by atoms with Crippen LogP contribution >= 0.6 is 0 Å². The van der Waals surface area contributed by atoms with E-state index in [0.29, 0.717) is 18.7 Å². The van der Waals surface area contributed by atoms with E-state index in [4.69, 9.17) is 10.5 Å². The Hall–Kier alpha value is -1.55. The minimum Gasteiger partial charge on any atom is -0.398 e. The number of aryl methyl sites for hydroxylation is 1. The highest BCUT2D eigenvalue weighted by Crippen LogP contribution is 2.14. The van der Waals surface area contributed by atoms with Crippen LogP contribution in [0.5, 0.6) is 0 Å². The molecule has 2 rings (SSSR count). The normalized spacial score (nSPS) is 18.8. The zero-order valence-corrected chi connectivity index (χ0v) is 10.7. The third-order valence-electron chi connectivity index (χ3n) is 3.20. The minimum absolute atomic E-state index is 0.000975. The molecule has 18 heavy (non-hydrogen) atoms. The van der Waals surface area contributed by atoms with Crippen molar-refractivity contribution in [3.8, 4) is 0 Å². The van der Waals surface area contributed by atoms with Gasteiger partial charge in [-0.05, 0) is 37.0 Å². The summed E-state index contributed by atoms with van der Waals surface area (Å²) in [5.41, 5.74) is 8.55. The van der Waals surface area contributed by atoms with E-state index in [2.05, 4.69) is 5.32 Å². The molecule has 3 N–H and O–H groups in total. The maximum atomic E-state index is 11.8. The van der Waals surface area contributed by atoms with Crippen LogP contribution in [0.4, 0.5) is 5.69 Å². The number of carbonyl (C=O) groups is 1. The number of amides is 1. The van der Waals surface area contributed by atoms with Crippen LogP contribution in [0.2, 0.25) is 0 Å². The van der Waals surface area contributed by atoms with Crippen LogP contribution in [0.3, 0.4) is 0 Å². The second-order valence-electron chi connectivity index (χ2n) is 4.82. The van der Waals surface area contributed by atoms with Gasteiger partial charge in [0.05, 0.1) is 12.5 Å². The molecule has 1 amide bonds. The van der Waals surface area contributed by atoms with Crippen molar-refractivity contribution >= 4 is 11.6 Å². The number of nitrogen functional groups attached to an aromatic ring is 1. The van der Waals surface area contributed by atoms with Crippen LogP contribution in [0, 0.1) is 6.92 Å². The second kappa shape index (κ2) is 5.87. The number of nitrogens with one attached hydrogen (secondary N) is 1. The summed E-state index contributed by atoms with van der Waals surface area (Å²) in [4.78, 5) is 11.8. The highest BCUT2D eigenvalue weighted by molar-refractivity contribution is 5.80. The lowest BCUT2D eigenvalue weighted by Gasteiger charge is -2.11. The lowest BCUT2D eigenvalue weighted by atomic mass is 10.1. The number of hydrogen-bond donors (Lipinski definition) is 2. The Morgan fingerprint density at radius 3 is 3.06 bits per heavy atom. The monoisotopic (exact) mass is 248 g/mol. The largest absolute Gasteiger partial charge is 0.398 e. The van der Waals surface area contributed by atoms with E-state index in [0.717, 1.165) is 30.6 Å². The lowest BCUT2D eigenvalue weighted by Crippen LogP contribution is -2.32. The van der Waals surface area contributed by atoms with Crippen LogP contribution < -0.4 is 11.1 Å². The molecule has 1 saturated heterocycles. The number of anilines is 1. The summed E-state index contributed by atoms with van der Waals surface area (Å²) in [5, 5.41) is 2.90. The van der Waals surface area contributed by atoms with Crippen molar-refractivity contribution in [1.82, 2.24) is 5.32 Å². The van der Waals surface area contributed by atoms with Gasteiger partial charge in [0, 0.05) is 18.8 Å². The van der Waals surface area contributed by atoms with Crippen molar-refractivity contribution in [3.05, 3.63) is 29.3 Å². The summed E-state index contributed by atoms with van der Waals surface area (Å²) >= 11 is 0. The van der Waals surface area contributed by atoms with Gasteiger partial charge < -0.3 is 15.8 Å². The first-order chi connectivity index (χ1) is 8.65.